The van der Waals surface area contributed by atoms with Crippen molar-refractivity contribution < 1.29 is 18.0 Å². The van der Waals surface area contributed by atoms with E-state index in [-0.39, 0.29) is 10.8 Å². The average molecular weight is 413 g/mol. The lowest BCUT2D eigenvalue weighted by atomic mass is 10.2. The van der Waals surface area contributed by atoms with Crippen molar-refractivity contribution in [3.05, 3.63) is 57.8 Å². The van der Waals surface area contributed by atoms with Gasteiger partial charge in [-0.1, -0.05) is 11.6 Å². The van der Waals surface area contributed by atoms with Gasteiger partial charge in [-0.25, -0.2) is 9.67 Å². The molecule has 2 heterocycles. The fourth-order valence-corrected chi connectivity index (χ4v) is 3.55. The molecule has 10 heteroatoms. The number of aromatic nitrogens is 3. The summed E-state index contributed by atoms with van der Waals surface area (Å²) in [5.74, 6) is -0.510. The molecule has 1 fully saturated rings. The lowest BCUT2D eigenvalue weighted by Crippen LogP contribution is -2.20. The molecule has 1 aliphatic carbocycles. The molecule has 0 aliphatic heterocycles. The van der Waals surface area contributed by atoms with Crippen LogP contribution in [-0.2, 0) is 6.18 Å². The summed E-state index contributed by atoms with van der Waals surface area (Å²) in [5, 5.41) is 8.68. The van der Waals surface area contributed by atoms with Gasteiger partial charge >= 0.3 is 6.18 Å². The van der Waals surface area contributed by atoms with E-state index < -0.39 is 23.3 Å². The first kappa shape index (κ1) is 18.0. The second-order valence-electron chi connectivity index (χ2n) is 6.10. The van der Waals surface area contributed by atoms with Crippen LogP contribution in [0, 0.1) is 0 Å². The predicted octanol–water partition coefficient (Wildman–Crippen LogP) is 5.13. The Bertz CT molecular complexity index is 993. The molecule has 1 aromatic carbocycles. The summed E-state index contributed by atoms with van der Waals surface area (Å²) in [6.45, 7) is 0. The van der Waals surface area contributed by atoms with Gasteiger partial charge in [-0.2, -0.15) is 18.3 Å². The van der Waals surface area contributed by atoms with Crippen molar-refractivity contribution in [2.45, 2.75) is 24.9 Å². The van der Waals surface area contributed by atoms with Crippen molar-refractivity contribution in [2.75, 3.05) is 5.32 Å². The standard InChI is InChI=1S/C17H12ClF3N4OS/c18-10-3-5-11(6-4-10)25-14(17(19,20)21)12(7-22-25)15(26)24-16-23-13(8-27-16)9-1-2-9/h3-9H,1-2H2,(H,23,24,26). The van der Waals surface area contributed by atoms with E-state index in [1.165, 1.54) is 35.6 Å². The molecule has 1 saturated carbocycles. The Kier molecular flexibility index (Phi) is 4.43. The predicted molar refractivity (Wildman–Crippen MR) is 95.6 cm³/mol. The van der Waals surface area contributed by atoms with Gasteiger partial charge in [0, 0.05) is 16.3 Å². The molecule has 0 bridgehead atoms. The van der Waals surface area contributed by atoms with E-state index in [2.05, 4.69) is 15.4 Å². The third-order valence-electron chi connectivity index (χ3n) is 4.09. The quantitative estimate of drug-likeness (QED) is 0.646. The highest BCUT2D eigenvalue weighted by Gasteiger charge is 2.40. The first-order chi connectivity index (χ1) is 12.8. The molecule has 140 valence electrons. The van der Waals surface area contributed by atoms with E-state index in [0.29, 0.717) is 15.6 Å². The van der Waals surface area contributed by atoms with E-state index in [4.69, 9.17) is 11.6 Å². The third kappa shape index (κ3) is 3.70. The van der Waals surface area contributed by atoms with Crippen LogP contribution in [0.3, 0.4) is 0 Å². The van der Waals surface area contributed by atoms with Crippen molar-refractivity contribution in [1.29, 1.82) is 0 Å². The molecule has 2 aromatic heterocycles. The Morgan fingerprint density at radius 1 is 1.26 bits per heavy atom. The maximum atomic E-state index is 13.6. The number of nitrogens with one attached hydrogen (secondary N) is 1. The summed E-state index contributed by atoms with van der Waals surface area (Å²) in [7, 11) is 0. The molecule has 1 N–H and O–H groups in total. The molecule has 27 heavy (non-hydrogen) atoms. The zero-order valence-corrected chi connectivity index (χ0v) is 15.2. The number of carbonyl (C=O) groups is 1. The second-order valence-corrected chi connectivity index (χ2v) is 7.39. The Labute approximate surface area is 160 Å². The topological polar surface area (TPSA) is 59.8 Å². The third-order valence-corrected chi connectivity index (χ3v) is 5.12. The largest absolute Gasteiger partial charge is 0.434 e. The number of halogens is 4. The van der Waals surface area contributed by atoms with Crippen LogP contribution in [0.1, 0.15) is 40.5 Å². The summed E-state index contributed by atoms with van der Waals surface area (Å²) in [6, 6.07) is 5.70. The summed E-state index contributed by atoms with van der Waals surface area (Å²) >= 11 is 6.97. The van der Waals surface area contributed by atoms with Gasteiger partial charge in [-0.3, -0.25) is 10.1 Å². The number of rotatable bonds is 4. The van der Waals surface area contributed by atoms with Crippen molar-refractivity contribution in [3.8, 4) is 5.69 Å². The van der Waals surface area contributed by atoms with Crippen LogP contribution in [0.15, 0.2) is 35.8 Å². The molecule has 0 radical (unpaired) electrons. The molecule has 0 atom stereocenters. The van der Waals surface area contributed by atoms with Gasteiger partial charge in [0.2, 0.25) is 0 Å². The van der Waals surface area contributed by atoms with Crippen molar-refractivity contribution in [1.82, 2.24) is 14.8 Å². The Balaban J connectivity index is 1.66. The van der Waals surface area contributed by atoms with Crippen LogP contribution in [-0.4, -0.2) is 20.7 Å². The number of carbonyl (C=O) groups excluding carboxylic acids is 1. The number of benzene rings is 1. The van der Waals surface area contributed by atoms with Crippen molar-refractivity contribution in [3.63, 3.8) is 0 Å². The minimum atomic E-state index is -4.77. The number of alkyl halides is 3. The molecule has 0 saturated heterocycles. The lowest BCUT2D eigenvalue weighted by Gasteiger charge is -2.12. The fraction of sp³-hybridized carbons (Fsp3) is 0.235. The molecule has 3 aromatic rings. The summed E-state index contributed by atoms with van der Waals surface area (Å²) in [5.41, 5.74) is -0.707. The first-order valence-corrected chi connectivity index (χ1v) is 9.26. The Hall–Kier alpha value is -2.39. The van der Waals surface area contributed by atoms with E-state index >= 15 is 0 Å². The maximum absolute atomic E-state index is 13.6. The molecule has 0 unspecified atom stereocenters. The summed E-state index contributed by atoms with van der Waals surface area (Å²) in [6.07, 6.45) is -1.78. The van der Waals surface area contributed by atoms with E-state index in [0.717, 1.165) is 24.7 Å². The van der Waals surface area contributed by atoms with Crippen LogP contribution in [0.5, 0.6) is 0 Å². The molecule has 4 rings (SSSR count). The second kappa shape index (κ2) is 6.65. The number of hydrogen-bond acceptors (Lipinski definition) is 4. The highest BCUT2D eigenvalue weighted by atomic mass is 35.5. The summed E-state index contributed by atoms with van der Waals surface area (Å²) in [4.78, 5) is 16.7. The minimum absolute atomic E-state index is 0.149. The van der Waals surface area contributed by atoms with E-state index in [1.54, 1.807) is 0 Å². The molecule has 1 aliphatic rings. The number of anilines is 1. The van der Waals surface area contributed by atoms with E-state index in [1.807, 2.05) is 5.38 Å². The van der Waals surface area contributed by atoms with Crippen LogP contribution >= 0.6 is 22.9 Å². The zero-order valence-electron chi connectivity index (χ0n) is 13.6. The van der Waals surface area contributed by atoms with Gasteiger partial charge in [-0.05, 0) is 37.1 Å². The van der Waals surface area contributed by atoms with Gasteiger partial charge in [0.25, 0.3) is 5.91 Å². The van der Waals surface area contributed by atoms with Gasteiger partial charge in [0.15, 0.2) is 10.8 Å². The van der Waals surface area contributed by atoms with E-state index in [9.17, 15) is 18.0 Å². The average Bonchev–Trinajstić information content (AvgIpc) is 3.17. The molecule has 1 amide bonds. The number of amides is 1. The highest BCUT2D eigenvalue weighted by molar-refractivity contribution is 7.14. The Morgan fingerprint density at radius 2 is 1.96 bits per heavy atom. The van der Waals surface area contributed by atoms with Crippen LogP contribution in [0.4, 0.5) is 18.3 Å². The number of hydrogen-bond donors (Lipinski definition) is 1. The number of nitrogens with zero attached hydrogens (tertiary/aromatic N) is 3. The summed E-state index contributed by atoms with van der Waals surface area (Å²) < 4.78 is 41.6. The molecular formula is C17H12ClF3N4OS. The van der Waals surface area contributed by atoms with Crippen molar-refractivity contribution >= 4 is 34.0 Å². The van der Waals surface area contributed by atoms with Crippen LogP contribution < -0.4 is 5.32 Å². The Morgan fingerprint density at radius 3 is 2.59 bits per heavy atom. The normalized spacial score (nSPS) is 14.4. The van der Waals surface area contributed by atoms with Gasteiger partial charge in [0.05, 0.1) is 23.1 Å². The molecular weight excluding hydrogens is 401 g/mol. The molecule has 5 nitrogen and oxygen atoms in total. The van der Waals surface area contributed by atoms with Crippen LogP contribution in [0.2, 0.25) is 5.02 Å². The minimum Gasteiger partial charge on any atom is -0.298 e. The monoisotopic (exact) mass is 412 g/mol. The smallest absolute Gasteiger partial charge is 0.298 e. The highest BCUT2D eigenvalue weighted by Crippen LogP contribution is 2.41. The van der Waals surface area contributed by atoms with Gasteiger partial charge < -0.3 is 0 Å². The number of thiazole rings is 1. The first-order valence-electron chi connectivity index (χ1n) is 8.01. The van der Waals surface area contributed by atoms with Crippen molar-refractivity contribution in [2.24, 2.45) is 0 Å². The SMILES string of the molecule is O=C(Nc1nc(C2CC2)cs1)c1cnn(-c2ccc(Cl)cc2)c1C(F)(F)F. The molecule has 0 spiro atoms. The van der Waals surface area contributed by atoms with Gasteiger partial charge in [-0.15, -0.1) is 11.3 Å². The lowest BCUT2D eigenvalue weighted by molar-refractivity contribution is -0.143. The maximum Gasteiger partial charge on any atom is 0.434 e. The van der Waals surface area contributed by atoms with Crippen LogP contribution in [0.25, 0.3) is 5.69 Å². The fourth-order valence-electron chi connectivity index (χ4n) is 2.64. The van der Waals surface area contributed by atoms with Gasteiger partial charge in [0.1, 0.15) is 0 Å². The zero-order chi connectivity index (χ0) is 19.2.